The number of aromatic nitrogens is 1. The minimum atomic E-state index is -0.516. The number of hydrogen-bond acceptors (Lipinski definition) is 3. The van der Waals surface area contributed by atoms with Crippen molar-refractivity contribution >= 4 is 45.2 Å². The molecular formula is C32H28N4O3. The summed E-state index contributed by atoms with van der Waals surface area (Å²) in [6.07, 6.45) is 0. The van der Waals surface area contributed by atoms with Crippen LogP contribution in [-0.2, 0) is 17.9 Å². The Labute approximate surface area is 225 Å². The molecule has 5 aromatic rings. The van der Waals surface area contributed by atoms with E-state index in [1.165, 1.54) is 6.92 Å². The summed E-state index contributed by atoms with van der Waals surface area (Å²) in [6.45, 7) is 6.44. The maximum atomic E-state index is 13.4. The smallest absolute Gasteiger partial charge is 0.258 e. The number of hydrogen-bond donors (Lipinski definition) is 3. The van der Waals surface area contributed by atoms with Crippen LogP contribution in [-0.4, -0.2) is 22.7 Å². The lowest BCUT2D eigenvalue weighted by atomic mass is 9.93. The van der Waals surface area contributed by atoms with Crippen LogP contribution in [0.25, 0.3) is 32.9 Å². The Morgan fingerprint density at radius 3 is 2.56 bits per heavy atom. The van der Waals surface area contributed by atoms with Crippen molar-refractivity contribution in [3.8, 4) is 11.1 Å². The third-order valence-corrected chi connectivity index (χ3v) is 7.58. The van der Waals surface area contributed by atoms with Crippen LogP contribution in [0.4, 0.5) is 5.69 Å². The highest BCUT2D eigenvalue weighted by atomic mass is 16.2. The Balaban J connectivity index is 1.51. The normalized spacial score (nSPS) is 12.8. The standard InChI is InChI=1S/C32H28N4O3/c1-17-7-9-21-16-36(32(39)26(21)13-17)28-6-4-5-22(18(28)2)23-11-12-25(31(33)38)30-29(23)24-10-8-20(14-27(24)35-30)15-34-19(3)37/h4-14,35H,15-16H2,1-3H3,(H2,33,38)(H,34,37). The number of nitrogens with two attached hydrogens (primary N) is 1. The van der Waals surface area contributed by atoms with Gasteiger partial charge in [-0.3, -0.25) is 14.4 Å². The first kappa shape index (κ1) is 24.4. The van der Waals surface area contributed by atoms with Crippen molar-refractivity contribution < 1.29 is 14.4 Å². The molecule has 6 rings (SSSR count). The van der Waals surface area contributed by atoms with E-state index in [2.05, 4.69) is 10.3 Å². The number of benzene rings is 4. The molecule has 0 fully saturated rings. The van der Waals surface area contributed by atoms with Gasteiger partial charge in [-0.05, 0) is 65.9 Å². The van der Waals surface area contributed by atoms with Gasteiger partial charge >= 0.3 is 0 Å². The van der Waals surface area contributed by atoms with E-state index in [1.807, 2.05) is 79.4 Å². The van der Waals surface area contributed by atoms with Crippen molar-refractivity contribution in [3.63, 3.8) is 0 Å². The van der Waals surface area contributed by atoms with Crippen LogP contribution in [0.15, 0.2) is 66.7 Å². The molecular weight excluding hydrogens is 488 g/mol. The van der Waals surface area contributed by atoms with Gasteiger partial charge in [0.2, 0.25) is 5.91 Å². The van der Waals surface area contributed by atoms with Gasteiger partial charge in [-0.15, -0.1) is 0 Å². The second-order valence-corrected chi connectivity index (χ2v) is 10.2. The van der Waals surface area contributed by atoms with Gasteiger partial charge < -0.3 is 20.9 Å². The molecule has 0 saturated carbocycles. The molecule has 7 heteroatoms. The Morgan fingerprint density at radius 1 is 0.974 bits per heavy atom. The van der Waals surface area contributed by atoms with Crippen LogP contribution in [0.1, 0.15) is 49.9 Å². The molecule has 1 aromatic heterocycles. The summed E-state index contributed by atoms with van der Waals surface area (Å²) in [6, 6.07) is 21.6. The number of carbonyl (C=O) groups is 3. The summed E-state index contributed by atoms with van der Waals surface area (Å²) < 4.78 is 0. The van der Waals surface area contributed by atoms with Gasteiger partial charge in [0.15, 0.2) is 0 Å². The molecule has 3 amide bonds. The number of nitrogens with zero attached hydrogens (tertiary/aromatic N) is 1. The summed E-state index contributed by atoms with van der Waals surface area (Å²) in [5, 5.41) is 4.65. The minimum absolute atomic E-state index is 0.00182. The molecule has 4 N–H and O–H groups in total. The average molecular weight is 517 g/mol. The lowest BCUT2D eigenvalue weighted by molar-refractivity contribution is -0.119. The molecule has 0 unspecified atom stereocenters. The monoisotopic (exact) mass is 516 g/mol. The first-order chi connectivity index (χ1) is 18.7. The molecule has 0 radical (unpaired) electrons. The zero-order valence-electron chi connectivity index (χ0n) is 22.0. The molecule has 4 aromatic carbocycles. The van der Waals surface area contributed by atoms with Crippen LogP contribution >= 0.6 is 0 Å². The van der Waals surface area contributed by atoms with Gasteiger partial charge in [-0.2, -0.15) is 0 Å². The van der Waals surface area contributed by atoms with Crippen LogP contribution in [0, 0.1) is 13.8 Å². The van der Waals surface area contributed by atoms with Gasteiger partial charge in [-0.25, -0.2) is 0 Å². The number of fused-ring (bicyclic) bond motifs is 4. The van der Waals surface area contributed by atoms with Crippen molar-refractivity contribution in [2.45, 2.75) is 33.9 Å². The molecule has 0 spiro atoms. The van der Waals surface area contributed by atoms with Gasteiger partial charge in [0.05, 0.1) is 17.6 Å². The van der Waals surface area contributed by atoms with Crippen LogP contribution in [0.5, 0.6) is 0 Å². The minimum Gasteiger partial charge on any atom is -0.366 e. The van der Waals surface area contributed by atoms with E-state index in [0.29, 0.717) is 24.2 Å². The van der Waals surface area contributed by atoms with Crippen molar-refractivity contribution in [1.82, 2.24) is 10.3 Å². The summed E-state index contributed by atoms with van der Waals surface area (Å²) in [5.74, 6) is -0.616. The number of carbonyl (C=O) groups excluding carboxylic acids is 3. The molecule has 2 heterocycles. The predicted octanol–water partition coefficient (Wildman–Crippen LogP) is 5.50. The third kappa shape index (κ3) is 4.03. The Bertz CT molecular complexity index is 1850. The molecule has 1 aliphatic rings. The average Bonchev–Trinajstić information content (AvgIpc) is 3.44. The Morgan fingerprint density at radius 2 is 1.79 bits per heavy atom. The molecule has 0 aliphatic carbocycles. The van der Waals surface area contributed by atoms with E-state index >= 15 is 0 Å². The molecule has 0 bridgehead atoms. The second-order valence-electron chi connectivity index (χ2n) is 10.2. The van der Waals surface area contributed by atoms with E-state index in [4.69, 9.17) is 5.73 Å². The molecule has 1 aliphatic heterocycles. The van der Waals surface area contributed by atoms with Crippen LogP contribution in [0.3, 0.4) is 0 Å². The van der Waals surface area contributed by atoms with E-state index in [0.717, 1.165) is 60.9 Å². The number of primary amides is 1. The fourth-order valence-electron chi connectivity index (χ4n) is 5.64. The van der Waals surface area contributed by atoms with Gasteiger partial charge in [0.25, 0.3) is 11.8 Å². The summed E-state index contributed by atoms with van der Waals surface area (Å²) >= 11 is 0. The Hall–Kier alpha value is -4.91. The quantitative estimate of drug-likeness (QED) is 0.287. The first-order valence-electron chi connectivity index (χ1n) is 12.9. The fraction of sp³-hybridized carbons (Fsp3) is 0.156. The number of amides is 3. The second kappa shape index (κ2) is 9.13. The highest BCUT2D eigenvalue weighted by Gasteiger charge is 2.30. The van der Waals surface area contributed by atoms with Crippen molar-refractivity contribution in [1.29, 1.82) is 0 Å². The lowest BCUT2D eigenvalue weighted by Gasteiger charge is -2.21. The highest BCUT2D eigenvalue weighted by Crippen LogP contribution is 2.41. The number of H-pyrrole nitrogens is 1. The molecule has 0 saturated heterocycles. The van der Waals surface area contributed by atoms with Crippen LogP contribution in [0.2, 0.25) is 0 Å². The first-order valence-corrected chi connectivity index (χ1v) is 12.9. The maximum Gasteiger partial charge on any atom is 0.258 e. The largest absolute Gasteiger partial charge is 0.366 e. The zero-order valence-corrected chi connectivity index (χ0v) is 22.0. The summed E-state index contributed by atoms with van der Waals surface area (Å²) in [4.78, 5) is 42.4. The van der Waals surface area contributed by atoms with Crippen molar-refractivity contribution in [2.75, 3.05) is 4.90 Å². The topological polar surface area (TPSA) is 108 Å². The third-order valence-electron chi connectivity index (χ3n) is 7.58. The van der Waals surface area contributed by atoms with Gasteiger partial charge in [-0.1, -0.05) is 48.0 Å². The van der Waals surface area contributed by atoms with Crippen molar-refractivity contribution in [2.24, 2.45) is 5.73 Å². The van der Waals surface area contributed by atoms with Gasteiger partial charge in [0.1, 0.15) is 0 Å². The van der Waals surface area contributed by atoms with Crippen LogP contribution < -0.4 is 16.0 Å². The number of anilines is 1. The van der Waals surface area contributed by atoms with Crippen molar-refractivity contribution in [3.05, 3.63) is 100 Å². The molecule has 7 nitrogen and oxygen atoms in total. The van der Waals surface area contributed by atoms with E-state index < -0.39 is 5.91 Å². The number of aryl methyl sites for hydroxylation is 1. The van der Waals surface area contributed by atoms with Gasteiger partial charge in [0, 0.05) is 41.0 Å². The Kier molecular flexibility index (Phi) is 5.72. The van der Waals surface area contributed by atoms with E-state index in [-0.39, 0.29) is 11.8 Å². The molecule has 39 heavy (non-hydrogen) atoms. The SMILES string of the molecule is CC(=O)NCc1ccc2c(c1)[nH]c1c(C(N)=O)ccc(-c3cccc(N4Cc5ccc(C)cc5C4=O)c3C)c12. The lowest BCUT2D eigenvalue weighted by Crippen LogP contribution is -2.24. The number of nitrogens with one attached hydrogen (secondary N) is 2. The predicted molar refractivity (Wildman–Crippen MR) is 154 cm³/mol. The van der Waals surface area contributed by atoms with E-state index in [1.54, 1.807) is 6.07 Å². The zero-order chi connectivity index (χ0) is 27.4. The number of aromatic amines is 1. The number of rotatable bonds is 5. The molecule has 194 valence electrons. The fourth-order valence-corrected chi connectivity index (χ4v) is 5.64. The highest BCUT2D eigenvalue weighted by molar-refractivity contribution is 6.20. The van der Waals surface area contributed by atoms with E-state index in [9.17, 15) is 14.4 Å². The summed E-state index contributed by atoms with van der Waals surface area (Å²) in [7, 11) is 0. The molecule has 0 atom stereocenters. The maximum absolute atomic E-state index is 13.4. The summed E-state index contributed by atoms with van der Waals surface area (Å²) in [5.41, 5.74) is 15.2.